The Balaban J connectivity index is 2.02. The number of carbonyl (C=O) groups excluding carboxylic acids is 1. The van der Waals surface area contributed by atoms with Gasteiger partial charge in [0.25, 0.3) is 5.91 Å². The molecule has 1 aromatic carbocycles. The highest BCUT2D eigenvalue weighted by atomic mass is 35.5. The fourth-order valence-electron chi connectivity index (χ4n) is 2.87. The summed E-state index contributed by atoms with van der Waals surface area (Å²) in [6.45, 7) is 1.95. The van der Waals surface area contributed by atoms with Crippen LogP contribution in [0.2, 0.25) is 10.0 Å². The standard InChI is InChI=1S/C16H17Cl2N3O2/c17-11-4-3-10(8-12(11)18)15-14(9-20-5-7-23-15)21-6-1-2-13(21)16(19)22/h1-4,6,8,14-15,20H,5,7,9H2,(H2,19,22)/t14-,15+/m1/s1. The van der Waals surface area contributed by atoms with Crippen LogP contribution in [0.25, 0.3) is 0 Å². The lowest BCUT2D eigenvalue weighted by Crippen LogP contribution is -2.30. The maximum Gasteiger partial charge on any atom is 0.265 e. The highest BCUT2D eigenvalue weighted by Gasteiger charge is 2.29. The molecule has 1 aromatic heterocycles. The van der Waals surface area contributed by atoms with Crippen LogP contribution in [-0.2, 0) is 4.74 Å². The molecule has 0 bridgehead atoms. The van der Waals surface area contributed by atoms with Crippen LogP contribution in [0.15, 0.2) is 36.5 Å². The molecule has 0 aliphatic carbocycles. The average molecular weight is 354 g/mol. The van der Waals surface area contributed by atoms with Crippen LogP contribution in [0.4, 0.5) is 0 Å². The van der Waals surface area contributed by atoms with Crippen molar-refractivity contribution < 1.29 is 9.53 Å². The molecule has 1 aliphatic heterocycles. The number of aromatic nitrogens is 1. The molecule has 1 saturated heterocycles. The van der Waals surface area contributed by atoms with E-state index in [9.17, 15) is 4.79 Å². The molecule has 2 aromatic rings. The van der Waals surface area contributed by atoms with E-state index in [4.69, 9.17) is 33.7 Å². The third-order valence-electron chi connectivity index (χ3n) is 3.94. The summed E-state index contributed by atoms with van der Waals surface area (Å²) in [6, 6.07) is 8.84. The lowest BCUT2D eigenvalue weighted by molar-refractivity contribution is 0.0339. The van der Waals surface area contributed by atoms with Crippen LogP contribution in [-0.4, -0.2) is 30.2 Å². The summed E-state index contributed by atoms with van der Waals surface area (Å²) < 4.78 is 7.87. The second-order valence-corrected chi connectivity index (χ2v) is 6.22. The first-order valence-electron chi connectivity index (χ1n) is 7.32. The number of rotatable bonds is 3. The molecule has 3 rings (SSSR count). The minimum Gasteiger partial charge on any atom is -0.370 e. The molecule has 7 heteroatoms. The van der Waals surface area contributed by atoms with E-state index in [2.05, 4.69) is 5.32 Å². The highest BCUT2D eigenvalue weighted by Crippen LogP contribution is 2.35. The summed E-state index contributed by atoms with van der Waals surface area (Å²) in [6.07, 6.45) is 1.58. The summed E-state index contributed by atoms with van der Waals surface area (Å²) in [5, 5.41) is 4.30. The van der Waals surface area contributed by atoms with Gasteiger partial charge in [-0.05, 0) is 29.8 Å². The minimum absolute atomic E-state index is 0.118. The van der Waals surface area contributed by atoms with E-state index in [-0.39, 0.29) is 12.1 Å². The molecular formula is C16H17Cl2N3O2. The third kappa shape index (κ3) is 3.38. The van der Waals surface area contributed by atoms with Gasteiger partial charge in [-0.2, -0.15) is 0 Å². The topological polar surface area (TPSA) is 69.3 Å². The largest absolute Gasteiger partial charge is 0.370 e. The number of carbonyl (C=O) groups is 1. The van der Waals surface area contributed by atoms with Crippen molar-refractivity contribution in [1.82, 2.24) is 9.88 Å². The van der Waals surface area contributed by atoms with Gasteiger partial charge in [-0.15, -0.1) is 0 Å². The van der Waals surface area contributed by atoms with Gasteiger partial charge in [0.1, 0.15) is 11.8 Å². The van der Waals surface area contributed by atoms with Gasteiger partial charge in [0.2, 0.25) is 0 Å². The van der Waals surface area contributed by atoms with Crippen molar-refractivity contribution in [3.63, 3.8) is 0 Å². The molecule has 0 unspecified atom stereocenters. The number of hydrogen-bond acceptors (Lipinski definition) is 3. The molecule has 0 spiro atoms. The predicted molar refractivity (Wildman–Crippen MR) is 90.0 cm³/mol. The van der Waals surface area contributed by atoms with Gasteiger partial charge < -0.3 is 20.4 Å². The number of halogens is 2. The Morgan fingerprint density at radius 2 is 2.13 bits per heavy atom. The second-order valence-electron chi connectivity index (χ2n) is 5.40. The number of benzene rings is 1. The first-order chi connectivity index (χ1) is 11.1. The Kier molecular flexibility index (Phi) is 4.92. The Morgan fingerprint density at radius 1 is 1.30 bits per heavy atom. The molecule has 0 radical (unpaired) electrons. The average Bonchev–Trinajstić information content (AvgIpc) is 2.88. The third-order valence-corrected chi connectivity index (χ3v) is 4.68. The van der Waals surface area contributed by atoms with E-state index >= 15 is 0 Å². The number of nitrogens with one attached hydrogen (secondary N) is 1. The van der Waals surface area contributed by atoms with Crippen molar-refractivity contribution in [2.45, 2.75) is 12.1 Å². The fraction of sp³-hybridized carbons (Fsp3) is 0.312. The minimum atomic E-state index is -0.466. The molecule has 2 atom stereocenters. The fourth-order valence-corrected chi connectivity index (χ4v) is 3.18. The SMILES string of the molecule is NC(=O)c1cccn1[C@@H]1CNCCO[C@H]1c1ccc(Cl)c(Cl)c1. The Hall–Kier alpha value is -1.53. The Morgan fingerprint density at radius 3 is 2.87 bits per heavy atom. The van der Waals surface area contributed by atoms with Crippen LogP contribution in [0.5, 0.6) is 0 Å². The molecule has 1 aliphatic rings. The number of hydrogen-bond donors (Lipinski definition) is 2. The van der Waals surface area contributed by atoms with Gasteiger partial charge in [-0.3, -0.25) is 4.79 Å². The molecular weight excluding hydrogens is 337 g/mol. The Labute approximate surface area is 144 Å². The molecule has 23 heavy (non-hydrogen) atoms. The van der Waals surface area contributed by atoms with Crippen LogP contribution in [0, 0.1) is 0 Å². The summed E-state index contributed by atoms with van der Waals surface area (Å²) in [7, 11) is 0. The molecule has 5 nitrogen and oxygen atoms in total. The summed E-state index contributed by atoms with van der Waals surface area (Å²) >= 11 is 12.1. The number of amides is 1. The van der Waals surface area contributed by atoms with Crippen molar-refractivity contribution >= 4 is 29.1 Å². The zero-order valence-electron chi connectivity index (χ0n) is 12.3. The first-order valence-corrected chi connectivity index (χ1v) is 8.07. The normalized spacial score (nSPS) is 21.8. The quantitative estimate of drug-likeness (QED) is 0.891. The van der Waals surface area contributed by atoms with Crippen LogP contribution in [0.1, 0.15) is 28.2 Å². The van der Waals surface area contributed by atoms with Gasteiger partial charge >= 0.3 is 0 Å². The zero-order valence-corrected chi connectivity index (χ0v) is 13.8. The first kappa shape index (κ1) is 16.3. The molecule has 122 valence electrons. The lowest BCUT2D eigenvalue weighted by atomic mass is 10.0. The van der Waals surface area contributed by atoms with Crippen LogP contribution in [0.3, 0.4) is 0 Å². The van der Waals surface area contributed by atoms with E-state index in [0.29, 0.717) is 28.9 Å². The Bertz CT molecular complexity index is 717. The smallest absolute Gasteiger partial charge is 0.265 e. The maximum atomic E-state index is 11.7. The van der Waals surface area contributed by atoms with Crippen molar-refractivity contribution in [1.29, 1.82) is 0 Å². The van der Waals surface area contributed by atoms with Gasteiger partial charge in [0.15, 0.2) is 0 Å². The molecule has 1 fully saturated rings. The van der Waals surface area contributed by atoms with Crippen molar-refractivity contribution in [2.75, 3.05) is 19.7 Å². The van der Waals surface area contributed by atoms with Crippen LogP contribution < -0.4 is 11.1 Å². The van der Waals surface area contributed by atoms with Gasteiger partial charge in [0, 0.05) is 19.3 Å². The summed E-state index contributed by atoms with van der Waals surface area (Å²) in [5.41, 5.74) is 6.84. The maximum absolute atomic E-state index is 11.7. The molecule has 2 heterocycles. The van der Waals surface area contributed by atoms with Gasteiger partial charge in [-0.25, -0.2) is 0 Å². The van der Waals surface area contributed by atoms with E-state index < -0.39 is 5.91 Å². The van der Waals surface area contributed by atoms with E-state index in [0.717, 1.165) is 12.1 Å². The van der Waals surface area contributed by atoms with Crippen LogP contribution >= 0.6 is 23.2 Å². The van der Waals surface area contributed by atoms with Gasteiger partial charge in [-0.1, -0.05) is 29.3 Å². The molecule has 3 N–H and O–H groups in total. The molecule has 1 amide bonds. The molecule has 0 saturated carbocycles. The summed E-state index contributed by atoms with van der Waals surface area (Å²) in [5.74, 6) is -0.466. The number of primary amides is 1. The van der Waals surface area contributed by atoms with E-state index in [1.54, 1.807) is 24.3 Å². The zero-order chi connectivity index (χ0) is 16.4. The van der Waals surface area contributed by atoms with Gasteiger partial charge in [0.05, 0.1) is 22.7 Å². The van der Waals surface area contributed by atoms with Crippen molar-refractivity contribution in [3.8, 4) is 0 Å². The summed E-state index contributed by atoms with van der Waals surface area (Å²) in [4.78, 5) is 11.7. The van der Waals surface area contributed by atoms with Crippen molar-refractivity contribution in [2.24, 2.45) is 5.73 Å². The van der Waals surface area contributed by atoms with E-state index in [1.165, 1.54) is 0 Å². The van der Waals surface area contributed by atoms with E-state index in [1.807, 2.05) is 16.8 Å². The predicted octanol–water partition coefficient (Wildman–Crippen LogP) is 2.80. The number of nitrogens with two attached hydrogens (primary N) is 1. The second kappa shape index (κ2) is 6.93. The highest BCUT2D eigenvalue weighted by molar-refractivity contribution is 6.42. The lowest BCUT2D eigenvalue weighted by Gasteiger charge is -2.28. The number of nitrogens with zero attached hydrogens (tertiary/aromatic N) is 1. The monoisotopic (exact) mass is 353 g/mol. The van der Waals surface area contributed by atoms with Crippen molar-refractivity contribution in [3.05, 3.63) is 57.8 Å². The number of ether oxygens (including phenoxy) is 1.